The van der Waals surface area contributed by atoms with Crippen LogP contribution in [0.25, 0.3) is 21.5 Å². The summed E-state index contributed by atoms with van der Waals surface area (Å²) in [4.78, 5) is 0. The van der Waals surface area contributed by atoms with Gasteiger partial charge in [-0.2, -0.15) is 12.1 Å². The Morgan fingerprint density at radius 1 is 0.679 bits per heavy atom. The van der Waals surface area contributed by atoms with Crippen molar-refractivity contribution in [2.75, 3.05) is 0 Å². The molecule has 0 nitrogen and oxygen atoms in total. The first-order chi connectivity index (χ1) is 13.2. The molecule has 0 saturated carbocycles. The van der Waals surface area contributed by atoms with Crippen LogP contribution in [0.1, 0.15) is 37.8 Å². The van der Waals surface area contributed by atoms with E-state index in [9.17, 15) is 0 Å². The van der Waals surface area contributed by atoms with Crippen LogP contribution in [0.3, 0.4) is 0 Å². The summed E-state index contributed by atoms with van der Waals surface area (Å²) in [5, 5.41) is 5.50. The predicted molar refractivity (Wildman–Crippen MR) is 125 cm³/mol. The Morgan fingerprint density at radius 3 is 1.36 bits per heavy atom. The summed E-state index contributed by atoms with van der Waals surface area (Å²) in [6.45, 7) is 8.75. The molecular weight excluding hydrogens is 519 g/mol. The van der Waals surface area contributed by atoms with Gasteiger partial charge < -0.3 is 0 Å². The second kappa shape index (κ2) is 13.8. The first-order valence-corrected chi connectivity index (χ1v) is 12.1. The van der Waals surface area contributed by atoms with Crippen molar-refractivity contribution in [2.24, 2.45) is 0 Å². The fraction of sp³-hybridized carbons (Fsp3) is 0.308. The Bertz CT molecular complexity index is 774. The van der Waals surface area contributed by atoms with E-state index < -0.39 is 0 Å². The number of aryl methyl sites for hydroxylation is 2. The minimum absolute atomic E-state index is 0. The number of hydrogen-bond acceptors (Lipinski definition) is 0. The van der Waals surface area contributed by atoms with Crippen molar-refractivity contribution in [3.8, 4) is 0 Å². The van der Waals surface area contributed by atoms with Crippen LogP contribution in [0.2, 0.25) is 13.1 Å². The molecule has 0 saturated heterocycles. The van der Waals surface area contributed by atoms with Crippen LogP contribution in [0.5, 0.6) is 0 Å². The molecule has 2 radical (unpaired) electrons. The SMILES string of the molecule is CCCc1cc2ccccc2[cH-]1.CCCc1cc2ccccc2[cH-]1.C[Si]C.[Hf]. The topological polar surface area (TPSA) is 0 Å². The van der Waals surface area contributed by atoms with Gasteiger partial charge in [-0.25, -0.2) is 0 Å². The molecule has 4 aromatic carbocycles. The molecule has 0 aromatic heterocycles. The van der Waals surface area contributed by atoms with Crippen molar-refractivity contribution >= 4 is 31.1 Å². The van der Waals surface area contributed by atoms with E-state index in [1.54, 1.807) is 0 Å². The van der Waals surface area contributed by atoms with Gasteiger partial charge in [0, 0.05) is 35.4 Å². The van der Waals surface area contributed by atoms with Crippen LogP contribution < -0.4 is 0 Å². The molecule has 0 aliphatic carbocycles. The molecule has 0 N–H and O–H groups in total. The van der Waals surface area contributed by atoms with Gasteiger partial charge >= 0.3 is 0 Å². The molecule has 0 spiro atoms. The summed E-state index contributed by atoms with van der Waals surface area (Å²) in [7, 11) is 1.08. The normalized spacial score (nSPS) is 9.86. The fourth-order valence-electron chi connectivity index (χ4n) is 3.30. The van der Waals surface area contributed by atoms with E-state index in [1.165, 1.54) is 58.4 Å². The first kappa shape index (κ1) is 24.8. The zero-order valence-electron chi connectivity index (χ0n) is 17.8. The van der Waals surface area contributed by atoms with Gasteiger partial charge in [-0.05, 0) is 12.8 Å². The van der Waals surface area contributed by atoms with Gasteiger partial charge in [0.05, 0.1) is 0 Å². The molecule has 0 unspecified atom stereocenters. The quantitative estimate of drug-likeness (QED) is 0.179. The summed E-state index contributed by atoms with van der Waals surface area (Å²) in [6.07, 6.45) is 4.87. The van der Waals surface area contributed by atoms with E-state index in [1.807, 2.05) is 0 Å². The Morgan fingerprint density at radius 2 is 1.04 bits per heavy atom. The van der Waals surface area contributed by atoms with Crippen LogP contribution in [-0.2, 0) is 38.7 Å². The maximum absolute atomic E-state index is 2.29. The molecule has 28 heavy (non-hydrogen) atoms. The van der Waals surface area contributed by atoms with E-state index in [0.717, 1.165) is 9.52 Å². The maximum Gasteiger partial charge on any atom is 0.0307 e. The van der Waals surface area contributed by atoms with Crippen molar-refractivity contribution < 1.29 is 25.8 Å². The van der Waals surface area contributed by atoms with E-state index in [-0.39, 0.29) is 25.8 Å². The van der Waals surface area contributed by atoms with E-state index in [2.05, 4.69) is 99.7 Å². The summed E-state index contributed by atoms with van der Waals surface area (Å²) in [5.41, 5.74) is 2.94. The third kappa shape index (κ3) is 7.64. The van der Waals surface area contributed by atoms with E-state index in [4.69, 9.17) is 0 Å². The Balaban J connectivity index is 0.000000239. The fourth-order valence-corrected chi connectivity index (χ4v) is 3.30. The molecule has 0 amide bonds. The van der Waals surface area contributed by atoms with Gasteiger partial charge in [0.25, 0.3) is 0 Å². The minimum Gasteiger partial charge on any atom is -0.165 e. The molecule has 0 fully saturated rings. The largest absolute Gasteiger partial charge is 0.165 e. The van der Waals surface area contributed by atoms with Gasteiger partial charge in [0.1, 0.15) is 0 Å². The van der Waals surface area contributed by atoms with Gasteiger partial charge in [-0.3, -0.25) is 0 Å². The average Bonchev–Trinajstić information content (AvgIpc) is 3.26. The molecule has 0 bridgehead atoms. The second-order valence-corrected chi connectivity index (χ2v) is 7.99. The number of rotatable bonds is 4. The van der Waals surface area contributed by atoms with Crippen molar-refractivity contribution in [2.45, 2.75) is 52.6 Å². The Hall–Kier alpha value is -1.25. The van der Waals surface area contributed by atoms with E-state index in [0.29, 0.717) is 0 Å². The molecule has 0 atom stereocenters. The number of hydrogen-bond donors (Lipinski definition) is 0. The summed E-state index contributed by atoms with van der Waals surface area (Å²) < 4.78 is 0. The first-order valence-electron chi connectivity index (χ1n) is 10.1. The molecule has 146 valence electrons. The zero-order valence-corrected chi connectivity index (χ0v) is 22.3. The van der Waals surface area contributed by atoms with Gasteiger partial charge in [-0.15, -0.1) is 81.2 Å². The zero-order chi connectivity index (χ0) is 19.5. The van der Waals surface area contributed by atoms with Crippen LogP contribution in [0.15, 0.2) is 72.8 Å². The van der Waals surface area contributed by atoms with Crippen molar-refractivity contribution in [3.63, 3.8) is 0 Å². The third-order valence-electron chi connectivity index (χ3n) is 4.43. The summed E-state index contributed by atoms with van der Waals surface area (Å²) in [6, 6.07) is 26.2. The molecule has 0 heterocycles. The van der Waals surface area contributed by atoms with Crippen LogP contribution in [-0.4, -0.2) is 9.52 Å². The minimum atomic E-state index is 0. The molecular formula is C26H32HfSi-2. The molecule has 0 aliphatic rings. The van der Waals surface area contributed by atoms with Crippen molar-refractivity contribution in [1.29, 1.82) is 0 Å². The molecule has 4 aromatic rings. The third-order valence-corrected chi connectivity index (χ3v) is 4.43. The smallest absolute Gasteiger partial charge is 0.0307 e. The standard InChI is InChI=1S/2C12H13.C2H6Si.Hf/c2*1-2-5-10-8-11-6-3-4-7-12(11)9-10;1-3-2;/h2*3-4,6-9H,2,5H2,1H3;1-2H3;/q2*-1;;. The molecule has 2 heteroatoms. The van der Waals surface area contributed by atoms with Gasteiger partial charge in [-0.1, -0.05) is 51.9 Å². The maximum atomic E-state index is 2.29. The van der Waals surface area contributed by atoms with E-state index >= 15 is 0 Å². The number of benzene rings is 2. The van der Waals surface area contributed by atoms with Crippen LogP contribution in [0.4, 0.5) is 0 Å². The predicted octanol–water partition coefficient (Wildman–Crippen LogP) is 7.81. The number of fused-ring (bicyclic) bond motifs is 2. The second-order valence-electron chi connectivity index (χ2n) is 6.99. The van der Waals surface area contributed by atoms with Crippen molar-refractivity contribution in [1.82, 2.24) is 0 Å². The Labute approximate surface area is 192 Å². The molecule has 0 aliphatic heterocycles. The molecule has 4 rings (SSSR count). The van der Waals surface area contributed by atoms with Gasteiger partial charge in [0.15, 0.2) is 0 Å². The summed E-state index contributed by atoms with van der Waals surface area (Å²) >= 11 is 0. The van der Waals surface area contributed by atoms with Crippen molar-refractivity contribution in [3.05, 3.63) is 83.9 Å². The van der Waals surface area contributed by atoms with Gasteiger partial charge in [0.2, 0.25) is 0 Å². The summed E-state index contributed by atoms with van der Waals surface area (Å²) in [5.74, 6) is 0. The average molecular weight is 551 g/mol. The van der Waals surface area contributed by atoms with Crippen LogP contribution >= 0.6 is 0 Å². The van der Waals surface area contributed by atoms with Crippen LogP contribution in [0, 0.1) is 0 Å². The monoisotopic (exact) mass is 552 g/mol. The Kier molecular flexibility index (Phi) is 12.3.